The fourth-order valence-electron chi connectivity index (χ4n) is 2.25. The van der Waals surface area contributed by atoms with Crippen molar-refractivity contribution in [1.82, 2.24) is 0 Å². The average molecular weight is 299 g/mol. The SMILES string of the molecule is COc1ccc(OCc2cc3c(CN)cccc3s2)cc1. The molecule has 108 valence electrons. The highest BCUT2D eigenvalue weighted by Gasteiger charge is 2.06. The van der Waals surface area contributed by atoms with Crippen LogP contribution in [0.1, 0.15) is 10.4 Å². The normalized spacial score (nSPS) is 10.8. The van der Waals surface area contributed by atoms with Gasteiger partial charge in [0.25, 0.3) is 0 Å². The summed E-state index contributed by atoms with van der Waals surface area (Å²) >= 11 is 1.75. The molecule has 2 N–H and O–H groups in total. The minimum Gasteiger partial charge on any atom is -0.497 e. The number of fused-ring (bicyclic) bond motifs is 1. The zero-order chi connectivity index (χ0) is 14.7. The highest BCUT2D eigenvalue weighted by molar-refractivity contribution is 7.19. The number of thiophene rings is 1. The quantitative estimate of drug-likeness (QED) is 0.776. The number of benzene rings is 2. The van der Waals surface area contributed by atoms with Crippen molar-refractivity contribution in [2.24, 2.45) is 5.73 Å². The van der Waals surface area contributed by atoms with Gasteiger partial charge >= 0.3 is 0 Å². The number of methoxy groups -OCH3 is 1. The van der Waals surface area contributed by atoms with Crippen molar-refractivity contribution in [2.75, 3.05) is 7.11 Å². The van der Waals surface area contributed by atoms with Crippen molar-refractivity contribution in [3.63, 3.8) is 0 Å². The maximum absolute atomic E-state index is 5.82. The number of rotatable bonds is 5. The molecule has 0 saturated heterocycles. The molecule has 0 fully saturated rings. The summed E-state index contributed by atoms with van der Waals surface area (Å²) in [4.78, 5) is 1.20. The third-order valence-corrected chi connectivity index (χ3v) is 4.44. The number of ether oxygens (including phenoxy) is 2. The molecule has 2 aromatic carbocycles. The molecule has 3 aromatic rings. The van der Waals surface area contributed by atoms with Crippen LogP contribution in [0.15, 0.2) is 48.5 Å². The number of hydrogen-bond acceptors (Lipinski definition) is 4. The van der Waals surface area contributed by atoms with Gasteiger partial charge in [-0.25, -0.2) is 0 Å². The van der Waals surface area contributed by atoms with Crippen LogP contribution in [0, 0.1) is 0 Å². The highest BCUT2D eigenvalue weighted by atomic mass is 32.1. The van der Waals surface area contributed by atoms with Crippen LogP contribution in [0.2, 0.25) is 0 Å². The summed E-state index contributed by atoms with van der Waals surface area (Å²) in [5.74, 6) is 1.67. The molecule has 0 aliphatic rings. The summed E-state index contributed by atoms with van der Waals surface area (Å²) in [6.45, 7) is 1.13. The minimum absolute atomic E-state index is 0.562. The Balaban J connectivity index is 1.75. The topological polar surface area (TPSA) is 44.5 Å². The van der Waals surface area contributed by atoms with E-state index in [0.29, 0.717) is 13.2 Å². The van der Waals surface area contributed by atoms with E-state index in [1.807, 2.05) is 24.3 Å². The fraction of sp³-hybridized carbons (Fsp3) is 0.176. The lowest BCUT2D eigenvalue weighted by molar-refractivity contribution is 0.309. The van der Waals surface area contributed by atoms with Crippen LogP contribution < -0.4 is 15.2 Å². The van der Waals surface area contributed by atoms with Crippen LogP contribution in [0.3, 0.4) is 0 Å². The molecule has 0 bridgehead atoms. The first kappa shape index (κ1) is 13.9. The molecule has 0 saturated carbocycles. The molecular weight excluding hydrogens is 282 g/mol. The number of nitrogens with two attached hydrogens (primary N) is 1. The molecule has 21 heavy (non-hydrogen) atoms. The molecule has 0 radical (unpaired) electrons. The van der Waals surface area contributed by atoms with Gasteiger partial charge in [0.2, 0.25) is 0 Å². The summed E-state index contributed by atoms with van der Waals surface area (Å²) in [7, 11) is 1.65. The van der Waals surface area contributed by atoms with Crippen molar-refractivity contribution in [3.05, 3.63) is 59.0 Å². The van der Waals surface area contributed by atoms with E-state index >= 15 is 0 Å². The smallest absolute Gasteiger partial charge is 0.122 e. The number of hydrogen-bond donors (Lipinski definition) is 1. The van der Waals surface area contributed by atoms with E-state index < -0.39 is 0 Å². The van der Waals surface area contributed by atoms with E-state index in [-0.39, 0.29) is 0 Å². The third kappa shape index (κ3) is 3.01. The van der Waals surface area contributed by atoms with Gasteiger partial charge in [-0.15, -0.1) is 11.3 Å². The Morgan fingerprint density at radius 1 is 1.05 bits per heavy atom. The minimum atomic E-state index is 0.562. The second kappa shape index (κ2) is 6.16. The van der Waals surface area contributed by atoms with Crippen LogP contribution in [-0.2, 0) is 13.2 Å². The van der Waals surface area contributed by atoms with Crippen molar-refractivity contribution in [1.29, 1.82) is 0 Å². The Morgan fingerprint density at radius 2 is 1.81 bits per heavy atom. The van der Waals surface area contributed by atoms with E-state index in [1.54, 1.807) is 18.4 Å². The maximum atomic E-state index is 5.82. The van der Waals surface area contributed by atoms with Crippen LogP contribution in [0.4, 0.5) is 0 Å². The predicted molar refractivity (Wildman–Crippen MR) is 87.0 cm³/mol. The third-order valence-electron chi connectivity index (χ3n) is 3.36. The molecule has 1 aromatic heterocycles. The molecule has 1 heterocycles. The van der Waals surface area contributed by atoms with Gasteiger partial charge in [-0.05, 0) is 47.3 Å². The highest BCUT2D eigenvalue weighted by Crippen LogP contribution is 2.29. The van der Waals surface area contributed by atoms with Crippen molar-refractivity contribution >= 4 is 21.4 Å². The lowest BCUT2D eigenvalue weighted by Crippen LogP contribution is -1.95. The second-order valence-electron chi connectivity index (χ2n) is 4.71. The predicted octanol–water partition coefficient (Wildman–Crippen LogP) is 3.95. The van der Waals surface area contributed by atoms with Crippen molar-refractivity contribution < 1.29 is 9.47 Å². The average Bonchev–Trinajstić information content (AvgIpc) is 2.96. The maximum Gasteiger partial charge on any atom is 0.122 e. The van der Waals surface area contributed by atoms with E-state index in [4.69, 9.17) is 15.2 Å². The Labute approximate surface area is 127 Å². The van der Waals surface area contributed by atoms with E-state index in [1.165, 1.54) is 20.5 Å². The zero-order valence-electron chi connectivity index (χ0n) is 11.8. The van der Waals surface area contributed by atoms with Gasteiger partial charge in [-0.3, -0.25) is 0 Å². The lowest BCUT2D eigenvalue weighted by atomic mass is 10.1. The zero-order valence-corrected chi connectivity index (χ0v) is 12.7. The summed E-state index contributed by atoms with van der Waals surface area (Å²) in [6, 6.07) is 16.0. The molecule has 4 heteroatoms. The molecule has 0 amide bonds. The fourth-order valence-corrected chi connectivity index (χ4v) is 3.27. The molecule has 0 aliphatic heterocycles. The standard InChI is InChI=1S/C17H17NO2S/c1-19-13-5-7-14(8-6-13)20-11-15-9-16-12(10-18)3-2-4-17(16)21-15/h2-9H,10-11,18H2,1H3. The van der Waals surface area contributed by atoms with Gasteiger partial charge < -0.3 is 15.2 Å². The summed E-state index contributed by atoms with van der Waals surface area (Å²) in [5, 5.41) is 1.23. The summed E-state index contributed by atoms with van der Waals surface area (Å²) in [5.41, 5.74) is 6.96. The van der Waals surface area contributed by atoms with Crippen molar-refractivity contribution in [3.8, 4) is 11.5 Å². The molecule has 0 unspecified atom stereocenters. The van der Waals surface area contributed by atoms with Crippen LogP contribution in [0.25, 0.3) is 10.1 Å². The van der Waals surface area contributed by atoms with E-state index in [0.717, 1.165) is 11.5 Å². The Kier molecular flexibility index (Phi) is 4.08. The van der Waals surface area contributed by atoms with E-state index in [2.05, 4.69) is 24.3 Å². The van der Waals surface area contributed by atoms with Gasteiger partial charge in [-0.1, -0.05) is 12.1 Å². The Hall–Kier alpha value is -2.04. The van der Waals surface area contributed by atoms with Gasteiger partial charge in [0.15, 0.2) is 0 Å². The van der Waals surface area contributed by atoms with Crippen LogP contribution in [-0.4, -0.2) is 7.11 Å². The summed E-state index contributed by atoms with van der Waals surface area (Å²) in [6.07, 6.45) is 0. The van der Waals surface area contributed by atoms with Crippen LogP contribution >= 0.6 is 11.3 Å². The molecule has 3 rings (SSSR count). The van der Waals surface area contributed by atoms with Crippen molar-refractivity contribution in [2.45, 2.75) is 13.2 Å². The van der Waals surface area contributed by atoms with Crippen LogP contribution in [0.5, 0.6) is 11.5 Å². The molecule has 3 nitrogen and oxygen atoms in total. The summed E-state index contributed by atoms with van der Waals surface area (Å²) < 4.78 is 12.2. The van der Waals surface area contributed by atoms with E-state index in [9.17, 15) is 0 Å². The largest absolute Gasteiger partial charge is 0.497 e. The second-order valence-corrected chi connectivity index (χ2v) is 5.88. The van der Waals surface area contributed by atoms with Gasteiger partial charge in [0.05, 0.1) is 7.11 Å². The van der Waals surface area contributed by atoms with Gasteiger partial charge in [0.1, 0.15) is 18.1 Å². The molecular formula is C17H17NO2S. The molecule has 0 aliphatic carbocycles. The first-order valence-corrected chi connectivity index (χ1v) is 7.59. The first-order valence-electron chi connectivity index (χ1n) is 6.77. The monoisotopic (exact) mass is 299 g/mol. The molecule has 0 spiro atoms. The lowest BCUT2D eigenvalue weighted by Gasteiger charge is -2.05. The first-order chi connectivity index (χ1) is 10.3. The Bertz CT molecular complexity index is 734. The molecule has 0 atom stereocenters. The Morgan fingerprint density at radius 3 is 2.52 bits per heavy atom. The van der Waals surface area contributed by atoms with Gasteiger partial charge in [0, 0.05) is 16.1 Å². The van der Waals surface area contributed by atoms with Gasteiger partial charge in [-0.2, -0.15) is 0 Å².